The monoisotopic (exact) mass is 298 g/mol. The fraction of sp³-hybridized carbons (Fsp3) is 0.300. The van der Waals surface area contributed by atoms with Gasteiger partial charge >= 0.3 is 0 Å². The molecule has 0 N–H and O–H groups in total. The van der Waals surface area contributed by atoms with Crippen LogP contribution in [-0.4, -0.2) is 0 Å². The zero-order chi connectivity index (χ0) is 15.4. The van der Waals surface area contributed by atoms with Crippen molar-refractivity contribution in [3.8, 4) is 11.1 Å². The van der Waals surface area contributed by atoms with Crippen LogP contribution < -0.4 is 0 Å². The molecule has 22 heavy (non-hydrogen) atoms. The first-order valence-corrected chi connectivity index (χ1v) is 7.94. The molecule has 114 valence electrons. The van der Waals surface area contributed by atoms with Crippen LogP contribution in [0.5, 0.6) is 0 Å². The molecule has 0 aliphatic heterocycles. The summed E-state index contributed by atoms with van der Waals surface area (Å²) in [5.41, 5.74) is 3.05. The summed E-state index contributed by atoms with van der Waals surface area (Å²) in [6.45, 7) is 0. The third kappa shape index (κ3) is 3.44. The zero-order valence-corrected chi connectivity index (χ0v) is 12.6. The molecule has 2 aromatic carbocycles. The Morgan fingerprint density at radius 1 is 0.818 bits per heavy atom. The lowest BCUT2D eigenvalue weighted by Gasteiger charge is -2.13. The van der Waals surface area contributed by atoms with E-state index in [1.54, 1.807) is 0 Å². The fourth-order valence-corrected chi connectivity index (χ4v) is 3.30. The van der Waals surface area contributed by atoms with E-state index in [1.165, 1.54) is 12.8 Å². The van der Waals surface area contributed by atoms with Crippen molar-refractivity contribution in [3.05, 3.63) is 66.2 Å². The van der Waals surface area contributed by atoms with Crippen molar-refractivity contribution < 1.29 is 8.78 Å². The molecule has 1 aliphatic carbocycles. The van der Waals surface area contributed by atoms with Gasteiger partial charge in [0.15, 0.2) is 0 Å². The van der Waals surface area contributed by atoms with E-state index >= 15 is 0 Å². The quantitative estimate of drug-likeness (QED) is 0.601. The number of halogens is 2. The van der Waals surface area contributed by atoms with Gasteiger partial charge in [-0.25, -0.2) is 0 Å². The molecule has 3 rings (SSSR count). The molecule has 0 saturated heterocycles. The molecule has 1 saturated carbocycles. The van der Waals surface area contributed by atoms with Gasteiger partial charge in [-0.2, -0.15) is 8.78 Å². The van der Waals surface area contributed by atoms with Gasteiger partial charge in [0.1, 0.15) is 0 Å². The van der Waals surface area contributed by atoms with Crippen LogP contribution in [0, 0.1) is 5.92 Å². The number of hydrogen-bond donors (Lipinski definition) is 0. The standard InChI is InChI=1S/C20H20F2/c21-20(22)19(14-15-6-4-5-7-15)18-12-10-17(11-13-18)16-8-2-1-3-9-16/h1-3,8-13,15H,4-7,14H2. The topological polar surface area (TPSA) is 0 Å². The molecule has 1 fully saturated rings. The van der Waals surface area contributed by atoms with Crippen LogP contribution in [0.3, 0.4) is 0 Å². The summed E-state index contributed by atoms with van der Waals surface area (Å²) in [6, 6.07) is 17.5. The molecule has 0 atom stereocenters. The van der Waals surface area contributed by atoms with Crippen molar-refractivity contribution >= 4 is 5.57 Å². The highest BCUT2D eigenvalue weighted by atomic mass is 19.3. The molecule has 2 aromatic rings. The average molecular weight is 298 g/mol. The number of benzene rings is 2. The summed E-state index contributed by atoms with van der Waals surface area (Å²) < 4.78 is 26.7. The zero-order valence-electron chi connectivity index (χ0n) is 12.6. The number of allylic oxidation sites excluding steroid dienone is 1. The van der Waals surface area contributed by atoms with Gasteiger partial charge in [-0.3, -0.25) is 0 Å². The van der Waals surface area contributed by atoms with Crippen LogP contribution in [0.1, 0.15) is 37.7 Å². The molecule has 0 unspecified atom stereocenters. The molecule has 0 aromatic heterocycles. The van der Waals surface area contributed by atoms with Gasteiger partial charge in [-0.05, 0) is 29.0 Å². The number of rotatable bonds is 4. The van der Waals surface area contributed by atoms with Crippen molar-refractivity contribution in [2.24, 2.45) is 5.92 Å². The van der Waals surface area contributed by atoms with E-state index in [4.69, 9.17) is 0 Å². The van der Waals surface area contributed by atoms with Crippen molar-refractivity contribution in [2.75, 3.05) is 0 Å². The Labute approximate surface area is 130 Å². The largest absolute Gasteiger partial charge is 0.274 e. The predicted molar refractivity (Wildman–Crippen MR) is 87.6 cm³/mol. The SMILES string of the molecule is FC(F)=C(CC1CCCC1)c1ccc(-c2ccccc2)cc1. The molecular formula is C20H20F2. The van der Waals surface area contributed by atoms with Gasteiger partial charge in [-0.1, -0.05) is 80.3 Å². The smallest absolute Gasteiger partial charge is 0.173 e. The Kier molecular flexibility index (Phi) is 4.67. The van der Waals surface area contributed by atoms with Gasteiger partial charge in [0, 0.05) is 5.57 Å². The van der Waals surface area contributed by atoms with E-state index in [0.717, 1.165) is 24.0 Å². The highest BCUT2D eigenvalue weighted by Gasteiger charge is 2.20. The highest BCUT2D eigenvalue weighted by molar-refractivity contribution is 5.71. The first kappa shape index (κ1) is 15.0. The van der Waals surface area contributed by atoms with Crippen LogP contribution in [0.25, 0.3) is 16.7 Å². The van der Waals surface area contributed by atoms with Crippen LogP contribution >= 0.6 is 0 Å². The molecule has 0 heterocycles. The minimum Gasteiger partial charge on any atom is -0.173 e. The lowest BCUT2D eigenvalue weighted by Crippen LogP contribution is -1.97. The molecule has 0 bridgehead atoms. The molecule has 0 amide bonds. The lowest BCUT2D eigenvalue weighted by molar-refractivity contribution is 0.417. The van der Waals surface area contributed by atoms with Gasteiger partial charge < -0.3 is 0 Å². The molecular weight excluding hydrogens is 278 g/mol. The van der Waals surface area contributed by atoms with Crippen LogP contribution in [0.15, 0.2) is 60.7 Å². The van der Waals surface area contributed by atoms with Gasteiger partial charge in [-0.15, -0.1) is 0 Å². The second-order valence-electron chi connectivity index (χ2n) is 6.04. The van der Waals surface area contributed by atoms with E-state index in [0.29, 0.717) is 17.9 Å². The summed E-state index contributed by atoms with van der Waals surface area (Å²) in [6.07, 6.45) is 3.50. The molecule has 2 heteroatoms. The predicted octanol–water partition coefficient (Wildman–Crippen LogP) is 6.54. The van der Waals surface area contributed by atoms with Gasteiger partial charge in [0.25, 0.3) is 6.08 Å². The van der Waals surface area contributed by atoms with E-state index in [1.807, 2.05) is 54.6 Å². The second kappa shape index (κ2) is 6.87. The van der Waals surface area contributed by atoms with Crippen LogP contribution in [-0.2, 0) is 0 Å². The van der Waals surface area contributed by atoms with Crippen LogP contribution in [0.4, 0.5) is 8.78 Å². The third-order valence-electron chi connectivity index (χ3n) is 4.54. The van der Waals surface area contributed by atoms with Crippen molar-refractivity contribution in [3.63, 3.8) is 0 Å². The second-order valence-corrected chi connectivity index (χ2v) is 6.04. The van der Waals surface area contributed by atoms with E-state index in [-0.39, 0.29) is 5.57 Å². The van der Waals surface area contributed by atoms with Crippen molar-refractivity contribution in [2.45, 2.75) is 32.1 Å². The van der Waals surface area contributed by atoms with E-state index in [2.05, 4.69) is 0 Å². The molecule has 1 aliphatic rings. The highest BCUT2D eigenvalue weighted by Crippen LogP contribution is 2.36. The summed E-state index contributed by atoms with van der Waals surface area (Å²) in [4.78, 5) is 0. The molecule has 0 radical (unpaired) electrons. The maximum Gasteiger partial charge on any atom is 0.274 e. The minimum absolute atomic E-state index is 0.228. The van der Waals surface area contributed by atoms with E-state index < -0.39 is 6.08 Å². The van der Waals surface area contributed by atoms with Crippen molar-refractivity contribution in [1.82, 2.24) is 0 Å². The Morgan fingerprint density at radius 2 is 1.41 bits per heavy atom. The number of hydrogen-bond acceptors (Lipinski definition) is 0. The van der Waals surface area contributed by atoms with Crippen molar-refractivity contribution in [1.29, 1.82) is 0 Å². The van der Waals surface area contributed by atoms with Crippen LogP contribution in [0.2, 0.25) is 0 Å². The summed E-state index contributed by atoms with van der Waals surface area (Å²) in [5, 5.41) is 0. The van der Waals surface area contributed by atoms with Gasteiger partial charge in [0.2, 0.25) is 0 Å². The minimum atomic E-state index is -1.53. The first-order valence-electron chi connectivity index (χ1n) is 7.94. The first-order chi connectivity index (χ1) is 10.7. The Balaban J connectivity index is 1.82. The normalized spacial score (nSPS) is 15.0. The Bertz CT molecular complexity index is 631. The summed E-state index contributed by atoms with van der Waals surface area (Å²) in [5.74, 6) is 0.422. The third-order valence-corrected chi connectivity index (χ3v) is 4.54. The Morgan fingerprint density at radius 3 is 2.00 bits per heavy atom. The molecule has 0 nitrogen and oxygen atoms in total. The van der Waals surface area contributed by atoms with E-state index in [9.17, 15) is 8.78 Å². The molecule has 0 spiro atoms. The maximum atomic E-state index is 13.3. The van der Waals surface area contributed by atoms with Gasteiger partial charge in [0.05, 0.1) is 0 Å². The fourth-order valence-electron chi connectivity index (χ4n) is 3.30. The average Bonchev–Trinajstić information content (AvgIpc) is 3.07. The maximum absolute atomic E-state index is 13.3. The summed E-state index contributed by atoms with van der Waals surface area (Å²) >= 11 is 0. The lowest BCUT2D eigenvalue weighted by atomic mass is 9.93. The Hall–Kier alpha value is -1.96. The summed E-state index contributed by atoms with van der Waals surface area (Å²) in [7, 11) is 0.